The maximum absolute atomic E-state index is 12.5. The third kappa shape index (κ3) is 5.01. The highest BCUT2D eigenvalue weighted by atomic mass is 16.6. The number of likely N-dealkylation sites (tertiary alicyclic amines) is 1. The van der Waals surface area contributed by atoms with Crippen LogP contribution in [0.2, 0.25) is 0 Å². The van der Waals surface area contributed by atoms with Gasteiger partial charge in [-0.15, -0.1) is 0 Å². The first kappa shape index (κ1) is 19.2. The Bertz CT molecular complexity index is 797. The van der Waals surface area contributed by atoms with Gasteiger partial charge in [-0.3, -0.25) is 0 Å². The first-order valence-corrected chi connectivity index (χ1v) is 9.33. The van der Waals surface area contributed by atoms with Crippen LogP contribution >= 0.6 is 0 Å². The molecule has 0 saturated carbocycles. The number of aliphatic hydroxyl groups is 1. The number of hydrogen-bond acceptors (Lipinski definition) is 4. The predicted octanol–water partition coefficient (Wildman–Crippen LogP) is 5.04. The van der Waals surface area contributed by atoms with E-state index >= 15 is 0 Å². The van der Waals surface area contributed by atoms with Crippen LogP contribution in [0.25, 0.3) is 0 Å². The average Bonchev–Trinajstić information content (AvgIpc) is 3.11. The van der Waals surface area contributed by atoms with Gasteiger partial charge in [0, 0.05) is 6.54 Å². The molecule has 1 unspecified atom stereocenters. The second-order valence-corrected chi connectivity index (χ2v) is 7.81. The summed E-state index contributed by atoms with van der Waals surface area (Å²) in [6, 6.07) is 15.2. The van der Waals surface area contributed by atoms with E-state index in [4.69, 9.17) is 9.47 Å². The Kier molecular flexibility index (Phi) is 5.71. The van der Waals surface area contributed by atoms with Crippen LogP contribution in [0.5, 0.6) is 11.5 Å². The number of ether oxygens (including phenoxy) is 2. The maximum Gasteiger partial charge on any atom is 0.410 e. The zero-order valence-electron chi connectivity index (χ0n) is 16.1. The molecule has 5 heteroatoms. The number of nitrogens with zero attached hydrogens (tertiary/aromatic N) is 1. The van der Waals surface area contributed by atoms with Crippen molar-refractivity contribution in [1.29, 1.82) is 0 Å². The fourth-order valence-corrected chi connectivity index (χ4v) is 3.28. The molecular formula is C22H27NO4. The van der Waals surface area contributed by atoms with Gasteiger partial charge in [-0.2, -0.15) is 0 Å². The molecule has 5 nitrogen and oxygen atoms in total. The Labute approximate surface area is 160 Å². The third-order valence-electron chi connectivity index (χ3n) is 4.44. The molecule has 0 bridgehead atoms. The smallest absolute Gasteiger partial charge is 0.410 e. The maximum atomic E-state index is 12.5. The van der Waals surface area contributed by atoms with Crippen molar-refractivity contribution in [1.82, 2.24) is 4.90 Å². The SMILES string of the molecule is CC(C)(C)OC(=O)N1CCCC1c1cccc(Oc2cccc(CO)c2)c1. The molecule has 1 N–H and O–H groups in total. The molecule has 1 saturated heterocycles. The van der Waals surface area contributed by atoms with Gasteiger partial charge in [-0.1, -0.05) is 24.3 Å². The Balaban J connectivity index is 1.77. The lowest BCUT2D eigenvalue weighted by atomic mass is 10.0. The van der Waals surface area contributed by atoms with Crippen LogP contribution in [-0.4, -0.2) is 28.2 Å². The number of rotatable bonds is 4. The molecule has 0 aromatic heterocycles. The third-order valence-corrected chi connectivity index (χ3v) is 4.44. The predicted molar refractivity (Wildman–Crippen MR) is 104 cm³/mol. The molecule has 27 heavy (non-hydrogen) atoms. The average molecular weight is 369 g/mol. The normalized spacial score (nSPS) is 17.0. The molecule has 0 radical (unpaired) electrons. The van der Waals surface area contributed by atoms with Crippen LogP contribution in [-0.2, 0) is 11.3 Å². The van der Waals surface area contributed by atoms with E-state index in [-0.39, 0.29) is 18.7 Å². The summed E-state index contributed by atoms with van der Waals surface area (Å²) in [5.41, 5.74) is 1.33. The lowest BCUT2D eigenvalue weighted by Gasteiger charge is -2.29. The molecule has 3 rings (SSSR count). The van der Waals surface area contributed by atoms with Crippen LogP contribution in [0, 0.1) is 0 Å². The zero-order valence-corrected chi connectivity index (χ0v) is 16.1. The van der Waals surface area contributed by atoms with Crippen LogP contribution in [0.1, 0.15) is 50.8 Å². The summed E-state index contributed by atoms with van der Waals surface area (Å²) in [6.45, 7) is 6.31. The molecule has 2 aromatic carbocycles. The van der Waals surface area contributed by atoms with Crippen LogP contribution in [0.4, 0.5) is 4.79 Å². The van der Waals surface area contributed by atoms with Gasteiger partial charge in [-0.25, -0.2) is 4.79 Å². The molecule has 1 atom stereocenters. The summed E-state index contributed by atoms with van der Waals surface area (Å²) in [4.78, 5) is 14.3. The van der Waals surface area contributed by atoms with Crippen LogP contribution < -0.4 is 4.74 Å². The highest BCUT2D eigenvalue weighted by molar-refractivity contribution is 5.69. The van der Waals surface area contributed by atoms with Gasteiger partial charge in [0.15, 0.2) is 0 Å². The van der Waals surface area contributed by atoms with Crippen molar-refractivity contribution in [3.63, 3.8) is 0 Å². The molecule has 1 amide bonds. The van der Waals surface area contributed by atoms with E-state index in [1.54, 1.807) is 4.90 Å². The van der Waals surface area contributed by atoms with Crippen molar-refractivity contribution in [3.8, 4) is 11.5 Å². The van der Waals surface area contributed by atoms with E-state index < -0.39 is 5.60 Å². The largest absolute Gasteiger partial charge is 0.457 e. The van der Waals surface area contributed by atoms with Crippen molar-refractivity contribution in [3.05, 3.63) is 59.7 Å². The minimum Gasteiger partial charge on any atom is -0.457 e. The van der Waals surface area contributed by atoms with Crippen molar-refractivity contribution in [2.45, 2.75) is 51.9 Å². The van der Waals surface area contributed by atoms with Crippen molar-refractivity contribution < 1.29 is 19.4 Å². The Hall–Kier alpha value is -2.53. The summed E-state index contributed by atoms with van der Waals surface area (Å²) in [5, 5.41) is 9.27. The Morgan fingerprint density at radius 1 is 1.15 bits per heavy atom. The number of amides is 1. The fourth-order valence-electron chi connectivity index (χ4n) is 3.28. The van der Waals surface area contributed by atoms with Crippen LogP contribution in [0.15, 0.2) is 48.5 Å². The molecule has 1 heterocycles. The summed E-state index contributed by atoms with van der Waals surface area (Å²) in [6.07, 6.45) is 1.59. The Morgan fingerprint density at radius 3 is 2.56 bits per heavy atom. The van der Waals surface area contributed by atoms with E-state index in [1.807, 2.05) is 69.3 Å². The van der Waals surface area contributed by atoms with Gasteiger partial charge >= 0.3 is 6.09 Å². The van der Waals surface area contributed by atoms with E-state index in [9.17, 15) is 9.90 Å². The minimum absolute atomic E-state index is 0.00724. The van der Waals surface area contributed by atoms with Crippen molar-refractivity contribution in [2.24, 2.45) is 0 Å². The van der Waals surface area contributed by atoms with E-state index in [1.165, 1.54) is 0 Å². The lowest BCUT2D eigenvalue weighted by molar-refractivity contribution is 0.0224. The van der Waals surface area contributed by atoms with Gasteiger partial charge < -0.3 is 19.5 Å². The van der Waals surface area contributed by atoms with Crippen LogP contribution in [0.3, 0.4) is 0 Å². The summed E-state index contributed by atoms with van der Waals surface area (Å²) in [7, 11) is 0. The number of benzene rings is 2. The standard InChI is InChI=1S/C22H27NO4/c1-22(2,3)27-21(25)23-12-6-11-20(23)17-8-5-10-19(14-17)26-18-9-4-7-16(13-18)15-24/h4-5,7-10,13-14,20,24H,6,11-12,15H2,1-3H3. The molecule has 2 aromatic rings. The quantitative estimate of drug-likeness (QED) is 0.820. The highest BCUT2D eigenvalue weighted by Crippen LogP contribution is 2.35. The number of carbonyl (C=O) groups excluding carboxylic acids is 1. The van der Waals surface area contributed by atoms with Gasteiger partial charge in [0.2, 0.25) is 0 Å². The molecular weight excluding hydrogens is 342 g/mol. The number of hydrogen-bond donors (Lipinski definition) is 1. The molecule has 1 aliphatic rings. The number of aliphatic hydroxyl groups excluding tert-OH is 1. The van der Waals surface area contributed by atoms with E-state index in [0.29, 0.717) is 18.0 Å². The fraction of sp³-hybridized carbons (Fsp3) is 0.409. The van der Waals surface area contributed by atoms with Gasteiger partial charge in [0.05, 0.1) is 12.6 Å². The lowest BCUT2D eigenvalue weighted by Crippen LogP contribution is -2.36. The van der Waals surface area contributed by atoms with Gasteiger partial charge in [0.1, 0.15) is 17.1 Å². The minimum atomic E-state index is -0.507. The summed E-state index contributed by atoms with van der Waals surface area (Å²) < 4.78 is 11.5. The first-order chi connectivity index (χ1) is 12.9. The highest BCUT2D eigenvalue weighted by Gasteiger charge is 2.33. The van der Waals surface area contributed by atoms with Crippen molar-refractivity contribution >= 4 is 6.09 Å². The number of carbonyl (C=O) groups is 1. The second-order valence-electron chi connectivity index (χ2n) is 7.81. The Morgan fingerprint density at radius 2 is 1.85 bits per heavy atom. The topological polar surface area (TPSA) is 59.0 Å². The van der Waals surface area contributed by atoms with E-state index in [2.05, 4.69) is 0 Å². The summed E-state index contributed by atoms with van der Waals surface area (Å²) >= 11 is 0. The van der Waals surface area contributed by atoms with Gasteiger partial charge in [-0.05, 0) is 69.0 Å². The van der Waals surface area contributed by atoms with E-state index in [0.717, 1.165) is 24.0 Å². The van der Waals surface area contributed by atoms with Gasteiger partial charge in [0.25, 0.3) is 0 Å². The molecule has 144 valence electrons. The van der Waals surface area contributed by atoms with Crippen molar-refractivity contribution in [2.75, 3.05) is 6.54 Å². The molecule has 0 aliphatic carbocycles. The molecule has 1 aliphatic heterocycles. The molecule has 1 fully saturated rings. The summed E-state index contributed by atoms with van der Waals surface area (Å²) in [5.74, 6) is 1.38. The molecule has 0 spiro atoms. The monoisotopic (exact) mass is 369 g/mol. The second kappa shape index (κ2) is 8.01. The first-order valence-electron chi connectivity index (χ1n) is 9.33. The zero-order chi connectivity index (χ0) is 19.4.